The number of likely N-dealkylation sites (tertiary alicyclic amines) is 1. The van der Waals surface area contributed by atoms with Gasteiger partial charge in [0.05, 0.1) is 12.7 Å². The summed E-state index contributed by atoms with van der Waals surface area (Å²) in [5.74, 6) is -1.21. The molecule has 1 saturated carbocycles. The molecule has 1 saturated heterocycles. The third kappa shape index (κ3) is 4.52. The summed E-state index contributed by atoms with van der Waals surface area (Å²) in [5, 5.41) is 1.04. The van der Waals surface area contributed by atoms with Gasteiger partial charge in [0, 0.05) is 72.4 Å². The molecule has 0 bridgehead atoms. The van der Waals surface area contributed by atoms with Gasteiger partial charge in [0.2, 0.25) is 0 Å². The highest BCUT2D eigenvalue weighted by molar-refractivity contribution is 5.85. The molecule has 0 amide bonds. The highest BCUT2D eigenvalue weighted by atomic mass is 19.1. The molecule has 2 aromatic carbocycles. The molecule has 1 aliphatic carbocycles. The van der Waals surface area contributed by atoms with Crippen molar-refractivity contribution in [2.24, 2.45) is 5.92 Å². The van der Waals surface area contributed by atoms with Crippen LogP contribution in [-0.4, -0.2) is 66.0 Å². The summed E-state index contributed by atoms with van der Waals surface area (Å²) in [6.07, 6.45) is 2.46. The topological polar surface area (TPSA) is 31.5 Å². The van der Waals surface area contributed by atoms with Crippen LogP contribution in [0.3, 0.4) is 0 Å². The van der Waals surface area contributed by atoms with Crippen molar-refractivity contribution in [2.45, 2.75) is 50.4 Å². The Morgan fingerprint density at radius 3 is 2.51 bits per heavy atom. The molecule has 0 radical (unpaired) electrons. The molecule has 2 fully saturated rings. The number of aromatic nitrogens is 1. The summed E-state index contributed by atoms with van der Waals surface area (Å²) in [7, 11) is 0. The minimum atomic E-state index is -1.33. The fourth-order valence-corrected chi connectivity index (χ4v) is 6.27. The number of fused-ring (bicyclic) bond motifs is 3. The second kappa shape index (κ2) is 9.62. The van der Waals surface area contributed by atoms with E-state index in [9.17, 15) is 4.39 Å². The van der Waals surface area contributed by atoms with Crippen molar-refractivity contribution in [1.29, 1.82) is 0 Å². The lowest BCUT2D eigenvalue weighted by Crippen LogP contribution is -2.52. The van der Waals surface area contributed by atoms with E-state index in [1.165, 1.54) is 12.1 Å². The van der Waals surface area contributed by atoms with Crippen molar-refractivity contribution in [3.8, 4) is 5.75 Å². The molecule has 1 N–H and O–H groups in total. The lowest BCUT2D eigenvalue weighted by Gasteiger charge is -2.46. The van der Waals surface area contributed by atoms with Crippen molar-refractivity contribution >= 4 is 10.9 Å². The van der Waals surface area contributed by atoms with E-state index in [1.54, 1.807) is 0 Å². The zero-order valence-corrected chi connectivity index (χ0v) is 21.1. The number of H-pyrrole nitrogens is 1. The van der Waals surface area contributed by atoms with E-state index in [0.717, 1.165) is 28.6 Å². The standard InChI is InChI=1S/C29H33F4N3O/c1-18-11-22-21-5-2-3-6-25(21)34-27(22)28(36(18)17-29(33)7-4-8-29)26-23(31)12-20(13-24(26)32)37-10-9-35-15-19(14-30)16-35/h2-3,5-6,12-13,18-19,28,34H,4,7-11,14-17H2,1H3/t18-,28-/m1/s1. The number of benzene rings is 2. The monoisotopic (exact) mass is 515 g/mol. The van der Waals surface area contributed by atoms with E-state index in [0.29, 0.717) is 38.9 Å². The maximum atomic E-state index is 15.7. The van der Waals surface area contributed by atoms with Crippen LogP contribution < -0.4 is 4.74 Å². The molecule has 4 nitrogen and oxygen atoms in total. The maximum Gasteiger partial charge on any atom is 0.135 e. The Hall–Kier alpha value is -2.58. The fraction of sp³-hybridized carbons (Fsp3) is 0.517. The first-order valence-corrected chi connectivity index (χ1v) is 13.3. The number of ether oxygens (including phenoxy) is 1. The molecule has 37 heavy (non-hydrogen) atoms. The first-order chi connectivity index (χ1) is 17.8. The average Bonchev–Trinajstić information content (AvgIpc) is 3.19. The minimum absolute atomic E-state index is 0.0768. The number of nitrogens with zero attached hydrogens (tertiary/aromatic N) is 2. The Morgan fingerprint density at radius 2 is 1.84 bits per heavy atom. The van der Waals surface area contributed by atoms with Crippen LogP contribution in [0.4, 0.5) is 17.6 Å². The van der Waals surface area contributed by atoms with Gasteiger partial charge < -0.3 is 9.72 Å². The Balaban J connectivity index is 1.32. The molecule has 198 valence electrons. The maximum absolute atomic E-state index is 15.7. The number of alkyl halides is 2. The summed E-state index contributed by atoms with van der Waals surface area (Å²) >= 11 is 0. The minimum Gasteiger partial charge on any atom is -0.492 e. The van der Waals surface area contributed by atoms with Crippen LogP contribution in [0.25, 0.3) is 10.9 Å². The van der Waals surface area contributed by atoms with Gasteiger partial charge in [-0.25, -0.2) is 13.2 Å². The number of para-hydroxylation sites is 1. The van der Waals surface area contributed by atoms with Crippen LogP contribution in [-0.2, 0) is 6.42 Å². The average molecular weight is 516 g/mol. The van der Waals surface area contributed by atoms with E-state index in [2.05, 4.69) is 9.88 Å². The van der Waals surface area contributed by atoms with Crippen LogP contribution in [0.2, 0.25) is 0 Å². The van der Waals surface area contributed by atoms with Gasteiger partial charge >= 0.3 is 0 Å². The van der Waals surface area contributed by atoms with Crippen LogP contribution in [0.5, 0.6) is 5.75 Å². The Morgan fingerprint density at radius 1 is 1.11 bits per heavy atom. The van der Waals surface area contributed by atoms with E-state index < -0.39 is 23.3 Å². The first-order valence-electron chi connectivity index (χ1n) is 13.3. The third-order valence-corrected chi connectivity index (χ3v) is 8.49. The predicted octanol–water partition coefficient (Wildman–Crippen LogP) is 5.95. The van der Waals surface area contributed by atoms with Crippen molar-refractivity contribution in [3.63, 3.8) is 0 Å². The van der Waals surface area contributed by atoms with Crippen molar-refractivity contribution < 1.29 is 22.3 Å². The number of nitrogens with one attached hydrogen (secondary N) is 1. The van der Waals surface area contributed by atoms with Crippen molar-refractivity contribution in [3.05, 3.63) is 64.9 Å². The summed E-state index contributed by atoms with van der Waals surface area (Å²) in [5.41, 5.74) is 1.26. The van der Waals surface area contributed by atoms with Crippen molar-refractivity contribution in [2.75, 3.05) is 39.5 Å². The zero-order valence-electron chi connectivity index (χ0n) is 21.1. The van der Waals surface area contributed by atoms with Crippen LogP contribution in [0.1, 0.15) is 49.0 Å². The predicted molar refractivity (Wildman–Crippen MR) is 135 cm³/mol. The van der Waals surface area contributed by atoms with Crippen LogP contribution >= 0.6 is 0 Å². The number of aromatic amines is 1. The smallest absolute Gasteiger partial charge is 0.135 e. The van der Waals surface area contributed by atoms with Gasteiger partial charge in [0.15, 0.2) is 0 Å². The number of halogens is 4. The summed E-state index contributed by atoms with van der Waals surface area (Å²) < 4.78 is 65.1. The molecule has 2 atom stereocenters. The quantitative estimate of drug-likeness (QED) is 0.376. The number of hydrogen-bond donors (Lipinski definition) is 1. The molecular formula is C29H33F4N3O. The molecule has 3 heterocycles. The molecule has 2 aliphatic heterocycles. The lowest BCUT2D eigenvalue weighted by atomic mass is 9.79. The highest BCUT2D eigenvalue weighted by Gasteiger charge is 2.45. The number of hydrogen-bond acceptors (Lipinski definition) is 3. The van der Waals surface area contributed by atoms with Gasteiger partial charge in [-0.15, -0.1) is 0 Å². The van der Waals surface area contributed by atoms with Crippen LogP contribution in [0, 0.1) is 17.6 Å². The molecule has 0 unspecified atom stereocenters. The van der Waals surface area contributed by atoms with Gasteiger partial charge in [0.25, 0.3) is 0 Å². The van der Waals surface area contributed by atoms with Crippen molar-refractivity contribution in [1.82, 2.24) is 14.8 Å². The summed E-state index contributed by atoms with van der Waals surface area (Å²) in [6.45, 7) is 4.03. The summed E-state index contributed by atoms with van der Waals surface area (Å²) in [6, 6.07) is 9.45. The van der Waals surface area contributed by atoms with Gasteiger partial charge in [-0.1, -0.05) is 18.2 Å². The highest BCUT2D eigenvalue weighted by Crippen LogP contribution is 2.46. The van der Waals surface area contributed by atoms with Gasteiger partial charge in [0.1, 0.15) is 29.7 Å². The Kier molecular flexibility index (Phi) is 6.43. The van der Waals surface area contributed by atoms with E-state index in [1.807, 2.05) is 36.1 Å². The third-order valence-electron chi connectivity index (χ3n) is 8.49. The second-order valence-corrected chi connectivity index (χ2v) is 11.1. The molecule has 0 spiro atoms. The molecular weight excluding hydrogens is 482 g/mol. The van der Waals surface area contributed by atoms with Crippen LogP contribution in [0.15, 0.2) is 36.4 Å². The zero-order chi connectivity index (χ0) is 25.7. The summed E-state index contributed by atoms with van der Waals surface area (Å²) in [4.78, 5) is 7.40. The largest absolute Gasteiger partial charge is 0.492 e. The van der Waals surface area contributed by atoms with E-state index in [-0.39, 0.29) is 43.1 Å². The molecule has 8 heteroatoms. The Labute approximate surface area is 214 Å². The van der Waals surface area contributed by atoms with Gasteiger partial charge in [-0.05, 0) is 44.2 Å². The van der Waals surface area contributed by atoms with Gasteiger partial charge in [-0.3, -0.25) is 14.2 Å². The molecule has 3 aliphatic rings. The fourth-order valence-electron chi connectivity index (χ4n) is 6.27. The SMILES string of the molecule is C[C@@H]1Cc2c([nH]c3ccccc23)[C@@H](c2c(F)cc(OCCN3CC(CF)C3)cc2F)N1CC1(F)CCC1. The lowest BCUT2D eigenvalue weighted by molar-refractivity contribution is -0.00817. The van der Waals surface area contributed by atoms with E-state index >= 15 is 13.2 Å². The molecule has 1 aromatic heterocycles. The normalized spacial score (nSPS) is 24.0. The van der Waals surface area contributed by atoms with E-state index in [4.69, 9.17) is 4.74 Å². The first kappa shape index (κ1) is 24.7. The second-order valence-electron chi connectivity index (χ2n) is 11.1. The number of rotatable bonds is 8. The molecule has 3 aromatic rings. The Bertz CT molecular complexity index is 1260. The van der Waals surface area contributed by atoms with Gasteiger partial charge in [-0.2, -0.15) is 0 Å². The molecule has 6 rings (SSSR count).